The first-order valence-electron chi connectivity index (χ1n) is 4.91. The number of benzene rings is 1. The molecule has 0 amide bonds. The van der Waals surface area contributed by atoms with Gasteiger partial charge in [0.05, 0.1) is 0 Å². The topological polar surface area (TPSA) is 17.1 Å². The summed E-state index contributed by atoms with van der Waals surface area (Å²) in [5.74, 6) is 8.07. The highest BCUT2D eigenvalue weighted by molar-refractivity contribution is 8.12. The van der Waals surface area contributed by atoms with Crippen molar-refractivity contribution in [2.24, 2.45) is 0 Å². The van der Waals surface area contributed by atoms with Crippen molar-refractivity contribution < 1.29 is 4.21 Å². The molecule has 3 heteroatoms. The quantitative estimate of drug-likeness (QED) is 0.643. The predicted octanol–water partition coefficient (Wildman–Crippen LogP) is 2.25. The molecular weight excluding hydrogens is 224 g/mol. The van der Waals surface area contributed by atoms with Gasteiger partial charge in [0.2, 0.25) is 0 Å². The number of thioether (sulfide) groups is 1. The minimum atomic E-state index is -0.762. The third-order valence-electron chi connectivity index (χ3n) is 2.11. The lowest BCUT2D eigenvalue weighted by molar-refractivity contribution is 0.682. The van der Waals surface area contributed by atoms with Crippen molar-refractivity contribution in [2.45, 2.75) is 11.0 Å². The molecular formula is C12H12OS2. The van der Waals surface area contributed by atoms with Gasteiger partial charge >= 0.3 is 0 Å². The van der Waals surface area contributed by atoms with Crippen LogP contribution in [0.15, 0.2) is 30.3 Å². The maximum atomic E-state index is 11.6. The summed E-state index contributed by atoms with van der Waals surface area (Å²) in [6.07, 6.45) is 1.06. The summed E-state index contributed by atoms with van der Waals surface area (Å²) < 4.78 is 11.6. The van der Waals surface area contributed by atoms with Gasteiger partial charge in [0.15, 0.2) is 0 Å². The minimum absolute atomic E-state index is 0.0129. The van der Waals surface area contributed by atoms with Crippen LogP contribution >= 0.6 is 11.8 Å². The molecule has 0 bridgehead atoms. The normalized spacial score (nSPS) is 25.3. The number of rotatable bonds is 0. The lowest BCUT2D eigenvalue weighted by Crippen LogP contribution is -2.18. The zero-order chi connectivity index (χ0) is 10.5. The molecule has 1 aliphatic rings. The third kappa shape index (κ3) is 3.12. The van der Waals surface area contributed by atoms with Crippen molar-refractivity contribution in [3.8, 4) is 11.8 Å². The van der Waals surface area contributed by atoms with E-state index in [0.717, 1.165) is 23.5 Å². The van der Waals surface area contributed by atoms with Crippen LogP contribution in [-0.2, 0) is 10.8 Å². The maximum absolute atomic E-state index is 11.6. The second-order valence-corrected chi connectivity index (χ2v) is 6.43. The molecule has 2 unspecified atom stereocenters. The Morgan fingerprint density at radius 1 is 1.33 bits per heavy atom. The summed E-state index contributed by atoms with van der Waals surface area (Å²) in [5, 5.41) is 0. The molecule has 1 saturated heterocycles. The van der Waals surface area contributed by atoms with Crippen molar-refractivity contribution >= 4 is 22.6 Å². The Kier molecular flexibility index (Phi) is 3.87. The average molecular weight is 236 g/mol. The highest BCUT2D eigenvalue weighted by atomic mass is 32.2. The smallest absolute Gasteiger partial charge is 0.141 e. The van der Waals surface area contributed by atoms with Gasteiger partial charge in [-0.05, 0) is 24.3 Å². The summed E-state index contributed by atoms with van der Waals surface area (Å²) >= 11 is 1.72. The summed E-state index contributed by atoms with van der Waals surface area (Å²) in [5.41, 5.74) is 1.00. The van der Waals surface area contributed by atoms with Crippen LogP contribution in [0.5, 0.6) is 0 Å². The van der Waals surface area contributed by atoms with E-state index in [4.69, 9.17) is 0 Å². The first-order valence-corrected chi connectivity index (χ1v) is 7.35. The first-order chi connectivity index (χ1) is 7.36. The Hall–Kier alpha value is -0.720. The number of hydrogen-bond acceptors (Lipinski definition) is 2. The molecule has 0 spiro atoms. The van der Waals surface area contributed by atoms with Crippen LogP contribution in [0.2, 0.25) is 0 Å². The predicted molar refractivity (Wildman–Crippen MR) is 67.2 cm³/mol. The molecule has 15 heavy (non-hydrogen) atoms. The van der Waals surface area contributed by atoms with Crippen molar-refractivity contribution in [1.82, 2.24) is 0 Å². The fraction of sp³-hybridized carbons (Fsp3) is 0.333. The second kappa shape index (κ2) is 5.39. The summed E-state index contributed by atoms with van der Waals surface area (Å²) in [4.78, 5) is 0. The van der Waals surface area contributed by atoms with Gasteiger partial charge in [0, 0.05) is 22.1 Å². The zero-order valence-corrected chi connectivity index (χ0v) is 9.94. The van der Waals surface area contributed by atoms with Crippen LogP contribution in [0.1, 0.15) is 12.0 Å². The molecule has 0 aromatic heterocycles. The van der Waals surface area contributed by atoms with E-state index in [1.807, 2.05) is 30.3 Å². The Morgan fingerprint density at radius 2 is 2.13 bits per heavy atom. The van der Waals surface area contributed by atoms with Gasteiger partial charge in [-0.1, -0.05) is 30.0 Å². The SMILES string of the molecule is O=S1CCCSC1C#Cc1ccccc1. The zero-order valence-electron chi connectivity index (χ0n) is 8.31. The van der Waals surface area contributed by atoms with Gasteiger partial charge in [0.1, 0.15) is 4.58 Å². The molecule has 2 atom stereocenters. The van der Waals surface area contributed by atoms with Gasteiger partial charge in [0.25, 0.3) is 0 Å². The Labute approximate surface area is 97.1 Å². The van der Waals surface area contributed by atoms with E-state index in [0.29, 0.717) is 0 Å². The molecule has 1 aromatic rings. The van der Waals surface area contributed by atoms with Gasteiger partial charge in [-0.2, -0.15) is 0 Å². The van der Waals surface area contributed by atoms with Crippen LogP contribution in [0.3, 0.4) is 0 Å². The fourth-order valence-electron chi connectivity index (χ4n) is 1.35. The molecule has 1 heterocycles. The highest BCUT2D eigenvalue weighted by Gasteiger charge is 2.18. The second-order valence-electron chi connectivity index (χ2n) is 3.28. The van der Waals surface area contributed by atoms with E-state index >= 15 is 0 Å². The standard InChI is InChI=1S/C12H12OS2/c13-15-10-4-9-14-12(15)8-7-11-5-2-1-3-6-11/h1-3,5-6,12H,4,9-10H2. The molecule has 0 radical (unpaired) electrons. The summed E-state index contributed by atoms with van der Waals surface area (Å²) in [7, 11) is -0.762. The maximum Gasteiger partial charge on any atom is 0.141 e. The van der Waals surface area contributed by atoms with Crippen molar-refractivity contribution in [2.75, 3.05) is 11.5 Å². The molecule has 78 valence electrons. The van der Waals surface area contributed by atoms with Gasteiger partial charge in [-0.25, -0.2) is 0 Å². The monoisotopic (exact) mass is 236 g/mol. The molecule has 1 aliphatic heterocycles. The molecule has 2 rings (SSSR count). The van der Waals surface area contributed by atoms with Crippen LogP contribution < -0.4 is 0 Å². The van der Waals surface area contributed by atoms with Crippen LogP contribution in [0.4, 0.5) is 0 Å². The fourth-order valence-corrected chi connectivity index (χ4v) is 4.21. The minimum Gasteiger partial charge on any atom is -0.257 e. The summed E-state index contributed by atoms with van der Waals surface area (Å²) in [6, 6.07) is 9.86. The van der Waals surface area contributed by atoms with Crippen LogP contribution in [-0.4, -0.2) is 20.3 Å². The molecule has 1 nitrogen and oxygen atoms in total. The van der Waals surface area contributed by atoms with E-state index in [2.05, 4.69) is 11.8 Å². The van der Waals surface area contributed by atoms with E-state index in [1.165, 1.54) is 0 Å². The van der Waals surface area contributed by atoms with Gasteiger partial charge < -0.3 is 0 Å². The van der Waals surface area contributed by atoms with Gasteiger partial charge in [-0.3, -0.25) is 4.21 Å². The average Bonchev–Trinajstić information content (AvgIpc) is 2.29. The van der Waals surface area contributed by atoms with Gasteiger partial charge in [-0.15, -0.1) is 11.8 Å². The lowest BCUT2D eigenvalue weighted by Gasteiger charge is -2.15. The molecule has 1 fully saturated rings. The molecule has 0 aliphatic carbocycles. The lowest BCUT2D eigenvalue weighted by atomic mass is 10.2. The third-order valence-corrected chi connectivity index (χ3v) is 5.39. The highest BCUT2D eigenvalue weighted by Crippen LogP contribution is 2.21. The number of hydrogen-bond donors (Lipinski definition) is 0. The largest absolute Gasteiger partial charge is 0.257 e. The van der Waals surface area contributed by atoms with Crippen molar-refractivity contribution in [1.29, 1.82) is 0 Å². The summed E-state index contributed by atoms with van der Waals surface area (Å²) in [6.45, 7) is 0. The Balaban J connectivity index is 2.08. The van der Waals surface area contributed by atoms with E-state index in [-0.39, 0.29) is 4.58 Å². The van der Waals surface area contributed by atoms with Crippen molar-refractivity contribution in [3.05, 3.63) is 35.9 Å². The van der Waals surface area contributed by atoms with Crippen LogP contribution in [0.25, 0.3) is 0 Å². The first kappa shape index (κ1) is 10.8. The Morgan fingerprint density at radius 3 is 2.87 bits per heavy atom. The van der Waals surface area contributed by atoms with Crippen molar-refractivity contribution in [3.63, 3.8) is 0 Å². The van der Waals surface area contributed by atoms with Crippen LogP contribution in [0, 0.1) is 11.8 Å². The van der Waals surface area contributed by atoms with E-state index in [9.17, 15) is 4.21 Å². The Bertz CT molecular complexity index is 403. The molecule has 0 saturated carbocycles. The molecule has 0 N–H and O–H groups in total. The molecule has 1 aromatic carbocycles. The van der Waals surface area contributed by atoms with E-state index in [1.54, 1.807) is 11.8 Å². The van der Waals surface area contributed by atoms with E-state index < -0.39 is 10.8 Å².